The van der Waals surface area contributed by atoms with Gasteiger partial charge in [-0.2, -0.15) is 0 Å². The average molecular weight is 322 g/mol. The van der Waals surface area contributed by atoms with Crippen LogP contribution in [0, 0.1) is 0 Å². The van der Waals surface area contributed by atoms with E-state index in [1.54, 1.807) is 11.8 Å². The van der Waals surface area contributed by atoms with Gasteiger partial charge in [0.2, 0.25) is 0 Å². The molecular formula is C15H16ClN3OS. The Labute approximate surface area is 132 Å². The van der Waals surface area contributed by atoms with E-state index in [9.17, 15) is 4.79 Å². The van der Waals surface area contributed by atoms with E-state index in [2.05, 4.69) is 21.7 Å². The van der Waals surface area contributed by atoms with Crippen LogP contribution < -0.4 is 0 Å². The van der Waals surface area contributed by atoms with E-state index in [0.717, 1.165) is 35.9 Å². The van der Waals surface area contributed by atoms with Crippen LogP contribution in [0.2, 0.25) is 5.02 Å². The summed E-state index contributed by atoms with van der Waals surface area (Å²) in [4.78, 5) is 11.8. The fraction of sp³-hybridized carbons (Fsp3) is 0.400. The molecule has 1 aromatic carbocycles. The predicted molar refractivity (Wildman–Crippen MR) is 84.6 cm³/mol. The second-order valence-corrected chi connectivity index (χ2v) is 6.63. The Morgan fingerprint density at radius 3 is 2.71 bits per heavy atom. The summed E-state index contributed by atoms with van der Waals surface area (Å²) in [7, 11) is 0. The molecule has 2 aromatic rings. The molecule has 0 radical (unpaired) electrons. The molecule has 1 fully saturated rings. The van der Waals surface area contributed by atoms with Gasteiger partial charge in [0.1, 0.15) is 5.78 Å². The maximum absolute atomic E-state index is 11.8. The van der Waals surface area contributed by atoms with E-state index in [-0.39, 0.29) is 5.25 Å². The summed E-state index contributed by atoms with van der Waals surface area (Å²) < 4.78 is 2.06. The molecule has 6 heteroatoms. The molecule has 21 heavy (non-hydrogen) atoms. The Morgan fingerprint density at radius 2 is 2.10 bits per heavy atom. The lowest BCUT2D eigenvalue weighted by molar-refractivity contribution is -0.116. The zero-order chi connectivity index (χ0) is 14.8. The first-order valence-corrected chi connectivity index (χ1v) is 8.33. The molecule has 0 saturated heterocycles. The summed E-state index contributed by atoms with van der Waals surface area (Å²) in [6.07, 6.45) is 2.62. The first kappa shape index (κ1) is 14.6. The Hall–Kier alpha value is -1.33. The molecule has 0 bridgehead atoms. The summed E-state index contributed by atoms with van der Waals surface area (Å²) in [5, 5.41) is 10.1. The second-order valence-electron chi connectivity index (χ2n) is 5.02. The SMILES string of the molecule is CCn1c(S[C@@H]2CCCC2=O)nnc1-c1ccc(Cl)cc1. The molecule has 1 aromatic heterocycles. The Bertz CT molecular complexity index is 653. The number of ketones is 1. The molecule has 0 spiro atoms. The van der Waals surface area contributed by atoms with E-state index in [0.29, 0.717) is 17.2 Å². The third-order valence-corrected chi connectivity index (χ3v) is 5.18. The van der Waals surface area contributed by atoms with Crippen LogP contribution in [-0.2, 0) is 11.3 Å². The highest BCUT2D eigenvalue weighted by Gasteiger charge is 2.27. The van der Waals surface area contributed by atoms with Crippen LogP contribution in [0.25, 0.3) is 11.4 Å². The molecule has 1 heterocycles. The lowest BCUT2D eigenvalue weighted by atomic mass is 10.2. The van der Waals surface area contributed by atoms with E-state index in [1.165, 1.54) is 0 Å². The summed E-state index contributed by atoms with van der Waals surface area (Å²) in [6.45, 7) is 2.83. The van der Waals surface area contributed by atoms with E-state index in [4.69, 9.17) is 11.6 Å². The van der Waals surface area contributed by atoms with Crippen molar-refractivity contribution in [1.29, 1.82) is 0 Å². The summed E-state index contributed by atoms with van der Waals surface area (Å²) in [5.74, 6) is 1.15. The zero-order valence-corrected chi connectivity index (χ0v) is 13.3. The van der Waals surface area contributed by atoms with E-state index < -0.39 is 0 Å². The minimum Gasteiger partial charge on any atom is -0.302 e. The van der Waals surface area contributed by atoms with Crippen LogP contribution in [0.15, 0.2) is 29.4 Å². The fourth-order valence-electron chi connectivity index (χ4n) is 2.51. The molecule has 1 atom stereocenters. The van der Waals surface area contributed by atoms with Gasteiger partial charge in [-0.3, -0.25) is 4.79 Å². The number of rotatable bonds is 4. The highest BCUT2D eigenvalue weighted by atomic mass is 35.5. The molecule has 1 saturated carbocycles. The van der Waals surface area contributed by atoms with E-state index in [1.807, 2.05) is 24.3 Å². The topological polar surface area (TPSA) is 47.8 Å². The zero-order valence-electron chi connectivity index (χ0n) is 11.8. The van der Waals surface area contributed by atoms with Crippen molar-refractivity contribution in [3.63, 3.8) is 0 Å². The Kier molecular flexibility index (Phi) is 4.31. The van der Waals surface area contributed by atoms with Gasteiger partial charge in [0.25, 0.3) is 0 Å². The Balaban J connectivity index is 1.89. The van der Waals surface area contributed by atoms with Gasteiger partial charge in [-0.15, -0.1) is 10.2 Å². The predicted octanol–water partition coefficient (Wildman–Crippen LogP) is 3.83. The van der Waals surface area contributed by atoms with Crippen molar-refractivity contribution in [1.82, 2.24) is 14.8 Å². The van der Waals surface area contributed by atoms with Crippen molar-refractivity contribution >= 4 is 29.1 Å². The highest BCUT2D eigenvalue weighted by molar-refractivity contribution is 8.00. The lowest BCUT2D eigenvalue weighted by Crippen LogP contribution is -2.10. The van der Waals surface area contributed by atoms with Gasteiger partial charge < -0.3 is 4.57 Å². The summed E-state index contributed by atoms with van der Waals surface area (Å²) >= 11 is 7.47. The van der Waals surface area contributed by atoms with Crippen molar-refractivity contribution in [2.75, 3.05) is 0 Å². The highest BCUT2D eigenvalue weighted by Crippen LogP contribution is 2.33. The van der Waals surface area contributed by atoms with Gasteiger partial charge in [-0.05, 0) is 44.0 Å². The van der Waals surface area contributed by atoms with Gasteiger partial charge in [0.05, 0.1) is 5.25 Å². The van der Waals surface area contributed by atoms with Crippen LogP contribution in [0.3, 0.4) is 0 Å². The maximum atomic E-state index is 11.8. The molecule has 1 aliphatic carbocycles. The quantitative estimate of drug-likeness (QED) is 0.858. The van der Waals surface area contributed by atoms with Gasteiger partial charge in [-0.1, -0.05) is 23.4 Å². The fourth-order valence-corrected chi connectivity index (χ4v) is 3.85. The smallest absolute Gasteiger partial charge is 0.192 e. The van der Waals surface area contributed by atoms with Gasteiger partial charge >= 0.3 is 0 Å². The monoisotopic (exact) mass is 321 g/mol. The average Bonchev–Trinajstić information content (AvgIpc) is 3.07. The first-order chi connectivity index (χ1) is 10.2. The molecule has 1 aliphatic rings. The molecule has 0 unspecified atom stereocenters. The van der Waals surface area contributed by atoms with Crippen molar-refractivity contribution in [2.24, 2.45) is 0 Å². The number of hydrogen-bond donors (Lipinski definition) is 0. The van der Waals surface area contributed by atoms with Gasteiger partial charge in [-0.25, -0.2) is 0 Å². The summed E-state index contributed by atoms with van der Waals surface area (Å²) in [5.41, 5.74) is 0.985. The molecule has 0 amide bonds. The van der Waals surface area contributed by atoms with Crippen LogP contribution >= 0.6 is 23.4 Å². The van der Waals surface area contributed by atoms with Gasteiger partial charge in [0.15, 0.2) is 11.0 Å². The lowest BCUT2D eigenvalue weighted by Gasteiger charge is -2.10. The Morgan fingerprint density at radius 1 is 1.33 bits per heavy atom. The second kappa shape index (κ2) is 6.20. The number of nitrogens with zero attached hydrogens (tertiary/aromatic N) is 3. The third kappa shape index (κ3) is 2.99. The van der Waals surface area contributed by atoms with Crippen LogP contribution in [0.4, 0.5) is 0 Å². The standard InChI is InChI=1S/C15H16ClN3OS/c1-2-19-14(10-6-8-11(16)9-7-10)17-18-15(19)21-13-5-3-4-12(13)20/h6-9,13H,2-5H2,1H3/t13-/m1/s1. The number of carbonyl (C=O) groups excluding carboxylic acids is 1. The number of halogens is 1. The van der Waals surface area contributed by atoms with Crippen molar-refractivity contribution in [2.45, 2.75) is 43.1 Å². The number of carbonyl (C=O) groups is 1. The molecule has 4 nitrogen and oxygen atoms in total. The van der Waals surface area contributed by atoms with Crippen LogP contribution in [0.1, 0.15) is 26.2 Å². The number of Topliss-reactive ketones (excluding diaryl/α,β-unsaturated/α-hetero) is 1. The minimum atomic E-state index is 0.0394. The molecule has 0 aliphatic heterocycles. The van der Waals surface area contributed by atoms with E-state index >= 15 is 0 Å². The molecule has 110 valence electrons. The summed E-state index contributed by atoms with van der Waals surface area (Å²) in [6, 6.07) is 7.57. The normalized spacial score (nSPS) is 18.4. The number of aromatic nitrogens is 3. The van der Waals surface area contributed by atoms with Crippen molar-refractivity contribution in [3.05, 3.63) is 29.3 Å². The molecule has 0 N–H and O–H groups in total. The van der Waals surface area contributed by atoms with Crippen LogP contribution in [-0.4, -0.2) is 25.8 Å². The first-order valence-electron chi connectivity index (χ1n) is 7.07. The minimum absolute atomic E-state index is 0.0394. The third-order valence-electron chi connectivity index (χ3n) is 3.63. The van der Waals surface area contributed by atoms with Crippen molar-refractivity contribution < 1.29 is 4.79 Å². The maximum Gasteiger partial charge on any atom is 0.192 e. The van der Waals surface area contributed by atoms with Crippen LogP contribution in [0.5, 0.6) is 0 Å². The largest absolute Gasteiger partial charge is 0.302 e. The number of hydrogen-bond acceptors (Lipinski definition) is 4. The number of benzene rings is 1. The molecule has 3 rings (SSSR count). The number of thioether (sulfide) groups is 1. The molecular weight excluding hydrogens is 306 g/mol. The van der Waals surface area contributed by atoms with Gasteiger partial charge in [0, 0.05) is 23.6 Å². The van der Waals surface area contributed by atoms with Crippen molar-refractivity contribution in [3.8, 4) is 11.4 Å².